The Hall–Kier alpha value is -1.90. The van der Waals surface area contributed by atoms with Crippen LogP contribution in [0.1, 0.15) is 30.0 Å². The molecule has 0 amide bonds. The number of thiazole rings is 1. The first-order valence-corrected chi connectivity index (χ1v) is 13.7. The van der Waals surface area contributed by atoms with E-state index >= 15 is 0 Å². The summed E-state index contributed by atoms with van der Waals surface area (Å²) in [5.74, 6) is 0.315. The van der Waals surface area contributed by atoms with Gasteiger partial charge >= 0.3 is 6.18 Å². The Balaban J connectivity index is 1.36. The van der Waals surface area contributed by atoms with Crippen molar-refractivity contribution in [2.75, 3.05) is 37.8 Å². The van der Waals surface area contributed by atoms with Gasteiger partial charge in [-0.15, -0.1) is 11.3 Å². The van der Waals surface area contributed by atoms with E-state index in [0.717, 1.165) is 36.9 Å². The van der Waals surface area contributed by atoms with Crippen molar-refractivity contribution in [3.8, 4) is 10.6 Å². The Kier molecular flexibility index (Phi) is 6.06. The molecule has 1 N–H and O–H groups in total. The molecule has 14 heteroatoms. The van der Waals surface area contributed by atoms with Crippen molar-refractivity contribution >= 4 is 27.3 Å². The van der Waals surface area contributed by atoms with E-state index in [-0.39, 0.29) is 21.9 Å². The molecule has 0 spiro atoms. The molecule has 0 bridgehead atoms. The maximum Gasteiger partial charge on any atom is 0.434 e. The largest absolute Gasteiger partial charge is 0.434 e. The smallest absolute Gasteiger partial charge is 0.351 e. The average molecular weight is 521 g/mol. The summed E-state index contributed by atoms with van der Waals surface area (Å²) in [5, 5.41) is 3.29. The van der Waals surface area contributed by atoms with Gasteiger partial charge in [0.05, 0.1) is 23.9 Å². The summed E-state index contributed by atoms with van der Waals surface area (Å²) in [7, 11) is -3.29. The Labute approximate surface area is 198 Å². The molecular weight excluding hydrogens is 496 g/mol. The van der Waals surface area contributed by atoms with Crippen molar-refractivity contribution in [1.82, 2.24) is 24.2 Å². The molecule has 8 nitrogen and oxygen atoms in total. The van der Waals surface area contributed by atoms with Gasteiger partial charge in [0.25, 0.3) is 0 Å². The molecule has 2 aromatic heterocycles. The first-order chi connectivity index (χ1) is 16.0. The average Bonchev–Trinajstić information content (AvgIpc) is 3.15. The van der Waals surface area contributed by atoms with Crippen LogP contribution in [0.3, 0.4) is 0 Å². The van der Waals surface area contributed by atoms with Gasteiger partial charge in [-0.2, -0.15) is 13.2 Å². The van der Waals surface area contributed by atoms with Crippen molar-refractivity contribution in [2.45, 2.75) is 38.0 Å². The van der Waals surface area contributed by atoms with E-state index in [9.17, 15) is 26.0 Å². The van der Waals surface area contributed by atoms with Gasteiger partial charge in [-0.25, -0.2) is 32.1 Å². The highest BCUT2D eigenvalue weighted by Crippen LogP contribution is 2.46. The van der Waals surface area contributed by atoms with Crippen molar-refractivity contribution in [3.63, 3.8) is 0 Å². The van der Waals surface area contributed by atoms with Gasteiger partial charge in [0.1, 0.15) is 10.7 Å². The van der Waals surface area contributed by atoms with E-state index < -0.39 is 33.4 Å². The molecular formula is C20H24F4N6O2S2. The Morgan fingerprint density at radius 1 is 1.18 bits per heavy atom. The lowest BCUT2D eigenvalue weighted by Gasteiger charge is -2.30. The minimum Gasteiger partial charge on any atom is -0.351 e. The van der Waals surface area contributed by atoms with Crippen LogP contribution in [-0.2, 0) is 22.7 Å². The molecule has 2 atom stereocenters. The standard InChI is InChI=1S/C20H24F4N6O2S2/c1-34(31,32)30-4-2-13(3-5-30)26-19-25-7-14(21)16(28-19)17-18(20(22,23)24)27-15(33-17)10-29-8-11-6-12(11)9-29/h7,11-13H,2-6,8-10H2,1H3,(H,25,26,28). The van der Waals surface area contributed by atoms with Crippen LogP contribution in [0.2, 0.25) is 0 Å². The van der Waals surface area contributed by atoms with Gasteiger partial charge in [0, 0.05) is 32.2 Å². The molecule has 3 fully saturated rings. The van der Waals surface area contributed by atoms with Crippen LogP contribution in [0.5, 0.6) is 0 Å². The Bertz CT molecular complexity index is 1170. The zero-order valence-corrected chi connectivity index (χ0v) is 20.0. The quantitative estimate of drug-likeness (QED) is 0.586. The molecule has 3 aliphatic rings. The van der Waals surface area contributed by atoms with Crippen LogP contribution < -0.4 is 5.32 Å². The zero-order valence-electron chi connectivity index (χ0n) is 18.3. The second kappa shape index (κ2) is 8.64. The number of nitrogens with one attached hydrogen (secondary N) is 1. The Morgan fingerprint density at radius 2 is 1.85 bits per heavy atom. The highest BCUT2D eigenvalue weighted by atomic mass is 32.2. The number of alkyl halides is 3. The van der Waals surface area contributed by atoms with Crippen LogP contribution in [0.4, 0.5) is 23.5 Å². The van der Waals surface area contributed by atoms with Crippen LogP contribution in [0.15, 0.2) is 6.20 Å². The molecule has 186 valence electrons. The normalized spacial score (nSPS) is 24.4. The van der Waals surface area contributed by atoms with Crippen LogP contribution in [0.25, 0.3) is 10.6 Å². The van der Waals surface area contributed by atoms with Gasteiger partial charge in [-0.1, -0.05) is 0 Å². The number of sulfonamides is 1. The van der Waals surface area contributed by atoms with Gasteiger partial charge in [0.15, 0.2) is 11.5 Å². The molecule has 2 aromatic rings. The molecule has 4 heterocycles. The predicted molar refractivity (Wildman–Crippen MR) is 118 cm³/mol. The van der Waals surface area contributed by atoms with E-state index in [1.54, 1.807) is 0 Å². The van der Waals surface area contributed by atoms with E-state index in [2.05, 4.69) is 25.2 Å². The number of piperidine rings is 2. The minimum atomic E-state index is -4.75. The summed E-state index contributed by atoms with van der Waals surface area (Å²) in [6, 6.07) is -0.183. The van der Waals surface area contributed by atoms with Crippen LogP contribution in [-0.4, -0.2) is 71.1 Å². The number of hydrogen-bond donors (Lipinski definition) is 1. The third-order valence-corrected chi connectivity index (χ3v) is 8.92. The number of hydrogen-bond acceptors (Lipinski definition) is 8. The molecule has 2 saturated heterocycles. The highest BCUT2D eigenvalue weighted by molar-refractivity contribution is 7.88. The summed E-state index contributed by atoms with van der Waals surface area (Å²) >= 11 is 0.810. The summed E-state index contributed by atoms with van der Waals surface area (Å²) in [6.07, 6.45) is -0.629. The van der Waals surface area contributed by atoms with Gasteiger partial charge < -0.3 is 5.32 Å². The Morgan fingerprint density at radius 3 is 2.47 bits per heavy atom. The lowest BCUT2D eigenvalue weighted by molar-refractivity contribution is -0.140. The van der Waals surface area contributed by atoms with Crippen molar-refractivity contribution in [3.05, 3.63) is 22.7 Å². The van der Waals surface area contributed by atoms with Crippen LogP contribution in [0, 0.1) is 17.7 Å². The fraction of sp³-hybridized carbons (Fsp3) is 0.650. The lowest BCUT2D eigenvalue weighted by atomic mass is 10.1. The topological polar surface area (TPSA) is 91.3 Å². The number of halogens is 4. The van der Waals surface area contributed by atoms with E-state index in [0.29, 0.717) is 44.3 Å². The first-order valence-electron chi connectivity index (χ1n) is 11.0. The summed E-state index contributed by atoms with van der Waals surface area (Å²) in [5.41, 5.74) is -1.58. The van der Waals surface area contributed by atoms with E-state index in [1.165, 1.54) is 10.7 Å². The van der Waals surface area contributed by atoms with Gasteiger partial charge in [0.2, 0.25) is 16.0 Å². The first kappa shape index (κ1) is 23.8. The lowest BCUT2D eigenvalue weighted by Crippen LogP contribution is -2.42. The summed E-state index contributed by atoms with van der Waals surface area (Å²) < 4.78 is 80.6. The molecule has 1 aliphatic carbocycles. The van der Waals surface area contributed by atoms with Crippen molar-refractivity contribution < 1.29 is 26.0 Å². The maximum atomic E-state index is 14.6. The van der Waals surface area contributed by atoms with Crippen molar-refractivity contribution in [1.29, 1.82) is 0 Å². The molecule has 0 radical (unpaired) electrons. The molecule has 2 unspecified atom stereocenters. The SMILES string of the molecule is CS(=O)(=O)N1CCC(Nc2ncc(F)c(-c3sc(CN4CC5CC5C4)nc3C(F)(F)F)n2)CC1. The monoisotopic (exact) mass is 520 g/mol. The minimum absolute atomic E-state index is 0.00286. The van der Waals surface area contributed by atoms with Gasteiger partial charge in [-0.05, 0) is 31.1 Å². The van der Waals surface area contributed by atoms with E-state index in [1.807, 2.05) is 0 Å². The van der Waals surface area contributed by atoms with E-state index in [4.69, 9.17) is 0 Å². The molecule has 1 saturated carbocycles. The molecule has 2 aliphatic heterocycles. The fourth-order valence-corrected chi connectivity index (χ4v) is 6.70. The summed E-state index contributed by atoms with van der Waals surface area (Å²) in [4.78, 5) is 13.5. The molecule has 34 heavy (non-hydrogen) atoms. The second-order valence-electron chi connectivity index (χ2n) is 9.20. The molecule has 5 rings (SSSR count). The predicted octanol–water partition coefficient (Wildman–Crippen LogP) is 3.05. The maximum absolute atomic E-state index is 14.6. The van der Waals surface area contributed by atoms with Gasteiger partial charge in [-0.3, -0.25) is 4.90 Å². The number of fused-ring (bicyclic) bond motifs is 1. The second-order valence-corrected chi connectivity index (χ2v) is 12.3. The van der Waals surface area contributed by atoms with Crippen molar-refractivity contribution in [2.24, 2.45) is 11.8 Å². The fourth-order valence-electron chi connectivity index (χ4n) is 4.71. The summed E-state index contributed by atoms with van der Waals surface area (Å²) in [6.45, 7) is 2.62. The molecule has 0 aromatic carbocycles. The number of likely N-dealkylation sites (tertiary alicyclic amines) is 1. The number of aromatic nitrogens is 3. The third-order valence-electron chi connectivity index (χ3n) is 6.57. The zero-order chi connectivity index (χ0) is 24.3. The highest BCUT2D eigenvalue weighted by Gasteiger charge is 2.45. The third kappa shape index (κ3) is 5.04. The number of nitrogens with zero attached hydrogens (tertiary/aromatic N) is 5. The van der Waals surface area contributed by atoms with Crippen LogP contribution >= 0.6 is 11.3 Å². The number of rotatable bonds is 6. The number of anilines is 1.